The van der Waals surface area contributed by atoms with Crippen LogP contribution in [0.2, 0.25) is 0 Å². The Morgan fingerprint density at radius 2 is 1.92 bits per heavy atom. The van der Waals surface area contributed by atoms with Gasteiger partial charge in [0, 0.05) is 25.8 Å². The first-order chi connectivity index (χ1) is 5.70. The molecule has 0 amide bonds. The van der Waals surface area contributed by atoms with Gasteiger partial charge in [0.15, 0.2) is 0 Å². The molecular weight excluding hydrogens is 150 g/mol. The van der Waals surface area contributed by atoms with Gasteiger partial charge in [-0.05, 0) is 25.8 Å². The van der Waals surface area contributed by atoms with Crippen molar-refractivity contribution in [2.45, 2.75) is 32.7 Å². The molecule has 72 valence electrons. The van der Waals surface area contributed by atoms with Crippen LogP contribution < -0.4 is 0 Å². The minimum Gasteiger partial charge on any atom is -0.381 e. The lowest BCUT2D eigenvalue weighted by Gasteiger charge is -2.32. The molecule has 0 N–H and O–H groups in total. The summed E-state index contributed by atoms with van der Waals surface area (Å²) < 4.78 is 5.33. The molecule has 0 bridgehead atoms. The van der Waals surface area contributed by atoms with Crippen LogP contribution in [0, 0.1) is 5.92 Å². The van der Waals surface area contributed by atoms with Gasteiger partial charge in [-0.15, -0.1) is 0 Å². The first kappa shape index (κ1) is 10.0. The number of nitrogens with zero attached hydrogens (tertiary/aromatic N) is 1. The minimum absolute atomic E-state index is 0.765. The molecule has 0 atom stereocenters. The van der Waals surface area contributed by atoms with Gasteiger partial charge in [-0.1, -0.05) is 13.8 Å². The van der Waals surface area contributed by atoms with Crippen LogP contribution in [0.3, 0.4) is 0 Å². The van der Waals surface area contributed by atoms with Crippen molar-refractivity contribution >= 4 is 0 Å². The summed E-state index contributed by atoms with van der Waals surface area (Å²) in [7, 11) is 2.23. The van der Waals surface area contributed by atoms with E-state index in [1.807, 2.05) is 0 Å². The van der Waals surface area contributed by atoms with E-state index in [1.54, 1.807) is 0 Å². The third-order valence-corrected chi connectivity index (χ3v) is 2.47. The maximum Gasteiger partial charge on any atom is 0.0480 e. The fourth-order valence-electron chi connectivity index (χ4n) is 1.85. The fourth-order valence-corrected chi connectivity index (χ4v) is 1.85. The molecule has 12 heavy (non-hydrogen) atoms. The molecule has 1 heterocycles. The van der Waals surface area contributed by atoms with Crippen molar-refractivity contribution in [2.24, 2.45) is 5.92 Å². The van der Waals surface area contributed by atoms with E-state index in [-0.39, 0.29) is 0 Å². The molecule has 2 nitrogen and oxygen atoms in total. The zero-order valence-corrected chi connectivity index (χ0v) is 8.55. The number of ether oxygens (including phenoxy) is 1. The highest BCUT2D eigenvalue weighted by atomic mass is 16.5. The first-order valence-electron chi connectivity index (χ1n) is 4.98. The lowest BCUT2D eigenvalue weighted by atomic mass is 10.1. The first-order valence-corrected chi connectivity index (χ1v) is 4.98. The van der Waals surface area contributed by atoms with Crippen molar-refractivity contribution in [3.05, 3.63) is 0 Å². The van der Waals surface area contributed by atoms with E-state index in [0.29, 0.717) is 0 Å². The molecule has 1 rings (SSSR count). The number of rotatable bonds is 3. The lowest BCUT2D eigenvalue weighted by Crippen LogP contribution is -2.38. The van der Waals surface area contributed by atoms with Gasteiger partial charge < -0.3 is 9.64 Å². The van der Waals surface area contributed by atoms with Gasteiger partial charge >= 0.3 is 0 Å². The Balaban J connectivity index is 2.24. The summed E-state index contributed by atoms with van der Waals surface area (Å²) in [6.45, 7) is 7.66. The smallest absolute Gasteiger partial charge is 0.0480 e. The second-order valence-electron chi connectivity index (χ2n) is 4.18. The molecule has 0 spiro atoms. The molecule has 2 heteroatoms. The average molecular weight is 171 g/mol. The number of hydrogen-bond donors (Lipinski definition) is 0. The molecule has 1 saturated heterocycles. The van der Waals surface area contributed by atoms with Crippen LogP contribution in [-0.2, 0) is 4.74 Å². The maximum atomic E-state index is 5.33. The van der Waals surface area contributed by atoms with Crippen LogP contribution in [0.5, 0.6) is 0 Å². The molecule has 0 aromatic heterocycles. The molecule has 1 fully saturated rings. The Hall–Kier alpha value is -0.0800. The Labute approximate surface area is 75.9 Å². The standard InChI is InChI=1S/C10H21NO/c1-9(2)8-11(3)10-4-6-12-7-5-10/h9-10H,4-8H2,1-3H3. The van der Waals surface area contributed by atoms with Crippen molar-refractivity contribution in [3.63, 3.8) is 0 Å². The lowest BCUT2D eigenvalue weighted by molar-refractivity contribution is 0.0397. The van der Waals surface area contributed by atoms with Gasteiger partial charge in [0.25, 0.3) is 0 Å². The van der Waals surface area contributed by atoms with E-state index < -0.39 is 0 Å². The SMILES string of the molecule is CC(C)CN(C)C1CCOCC1. The zero-order chi connectivity index (χ0) is 8.97. The minimum atomic E-state index is 0.765. The number of hydrogen-bond acceptors (Lipinski definition) is 2. The summed E-state index contributed by atoms with van der Waals surface area (Å²) >= 11 is 0. The monoisotopic (exact) mass is 171 g/mol. The summed E-state index contributed by atoms with van der Waals surface area (Å²) in [5.74, 6) is 0.776. The van der Waals surface area contributed by atoms with Crippen molar-refractivity contribution < 1.29 is 4.74 Å². The zero-order valence-electron chi connectivity index (χ0n) is 8.55. The summed E-state index contributed by atoms with van der Waals surface area (Å²) in [5.41, 5.74) is 0. The third kappa shape index (κ3) is 3.11. The quantitative estimate of drug-likeness (QED) is 0.641. The van der Waals surface area contributed by atoms with Crippen LogP contribution in [0.25, 0.3) is 0 Å². The summed E-state index contributed by atoms with van der Waals surface area (Å²) in [6, 6.07) is 0.765. The predicted octanol–water partition coefficient (Wildman–Crippen LogP) is 1.75. The van der Waals surface area contributed by atoms with Crippen LogP contribution >= 0.6 is 0 Å². The molecule has 0 saturated carbocycles. The Kier molecular flexibility index (Phi) is 4.02. The van der Waals surface area contributed by atoms with Gasteiger partial charge in [-0.25, -0.2) is 0 Å². The van der Waals surface area contributed by atoms with Crippen LogP contribution in [0.1, 0.15) is 26.7 Å². The van der Waals surface area contributed by atoms with Gasteiger partial charge in [0.05, 0.1) is 0 Å². The van der Waals surface area contributed by atoms with Crippen LogP contribution in [0.15, 0.2) is 0 Å². The summed E-state index contributed by atoms with van der Waals surface area (Å²) in [6.07, 6.45) is 2.42. The maximum absolute atomic E-state index is 5.33. The summed E-state index contributed by atoms with van der Waals surface area (Å²) in [5, 5.41) is 0. The van der Waals surface area contributed by atoms with E-state index in [1.165, 1.54) is 19.4 Å². The van der Waals surface area contributed by atoms with Crippen LogP contribution in [-0.4, -0.2) is 37.7 Å². The molecule has 0 aromatic carbocycles. The Morgan fingerprint density at radius 3 is 2.42 bits per heavy atom. The van der Waals surface area contributed by atoms with E-state index in [0.717, 1.165) is 25.2 Å². The van der Waals surface area contributed by atoms with E-state index in [4.69, 9.17) is 4.74 Å². The van der Waals surface area contributed by atoms with Gasteiger partial charge in [0.2, 0.25) is 0 Å². The third-order valence-electron chi connectivity index (χ3n) is 2.47. The second-order valence-corrected chi connectivity index (χ2v) is 4.18. The Bertz CT molecular complexity index is 119. The highest BCUT2D eigenvalue weighted by Gasteiger charge is 2.18. The van der Waals surface area contributed by atoms with Crippen molar-refractivity contribution in [1.29, 1.82) is 0 Å². The largest absolute Gasteiger partial charge is 0.381 e. The molecule has 1 aliphatic rings. The molecule has 0 unspecified atom stereocenters. The molecular formula is C10H21NO. The van der Waals surface area contributed by atoms with Gasteiger partial charge in [-0.2, -0.15) is 0 Å². The molecule has 0 radical (unpaired) electrons. The Morgan fingerprint density at radius 1 is 1.33 bits per heavy atom. The van der Waals surface area contributed by atoms with E-state index >= 15 is 0 Å². The highest BCUT2D eigenvalue weighted by molar-refractivity contribution is 4.72. The van der Waals surface area contributed by atoms with Crippen molar-refractivity contribution in [2.75, 3.05) is 26.8 Å². The molecule has 1 aliphatic heterocycles. The highest BCUT2D eigenvalue weighted by Crippen LogP contribution is 2.13. The average Bonchev–Trinajstić information content (AvgIpc) is 2.05. The topological polar surface area (TPSA) is 12.5 Å². The van der Waals surface area contributed by atoms with Gasteiger partial charge in [-0.3, -0.25) is 0 Å². The fraction of sp³-hybridized carbons (Fsp3) is 1.00. The van der Waals surface area contributed by atoms with Crippen LogP contribution in [0.4, 0.5) is 0 Å². The van der Waals surface area contributed by atoms with Crippen molar-refractivity contribution in [1.82, 2.24) is 4.90 Å². The van der Waals surface area contributed by atoms with Gasteiger partial charge in [0.1, 0.15) is 0 Å². The van der Waals surface area contributed by atoms with E-state index in [9.17, 15) is 0 Å². The second kappa shape index (κ2) is 4.83. The molecule has 0 aromatic rings. The molecule has 0 aliphatic carbocycles. The normalized spacial score (nSPS) is 20.8. The summed E-state index contributed by atoms with van der Waals surface area (Å²) in [4.78, 5) is 2.48. The van der Waals surface area contributed by atoms with Crippen molar-refractivity contribution in [3.8, 4) is 0 Å². The predicted molar refractivity (Wildman–Crippen MR) is 51.3 cm³/mol. The van der Waals surface area contributed by atoms with E-state index in [2.05, 4.69) is 25.8 Å².